The van der Waals surface area contributed by atoms with E-state index in [1.54, 1.807) is 31.4 Å². The van der Waals surface area contributed by atoms with Crippen molar-refractivity contribution in [2.75, 3.05) is 7.11 Å². The smallest absolute Gasteiger partial charge is 0.174 e. The van der Waals surface area contributed by atoms with Gasteiger partial charge in [0.1, 0.15) is 18.1 Å². The van der Waals surface area contributed by atoms with Crippen LogP contribution in [0.2, 0.25) is 0 Å². The van der Waals surface area contributed by atoms with Crippen molar-refractivity contribution in [2.45, 2.75) is 13.5 Å². The van der Waals surface area contributed by atoms with Crippen molar-refractivity contribution in [2.24, 2.45) is 0 Å². The number of aryl methyl sites for hydroxylation is 1. The van der Waals surface area contributed by atoms with Crippen molar-refractivity contribution in [1.82, 2.24) is 5.16 Å². The molecule has 2 rings (SSSR count). The highest BCUT2D eigenvalue weighted by molar-refractivity contribution is 5.80. The van der Waals surface area contributed by atoms with Crippen molar-refractivity contribution >= 4 is 6.29 Å². The van der Waals surface area contributed by atoms with Crippen LogP contribution in [0.25, 0.3) is 0 Å². The fourth-order valence-corrected chi connectivity index (χ4v) is 1.51. The zero-order chi connectivity index (χ0) is 13.0. The lowest BCUT2D eigenvalue weighted by atomic mass is 10.2. The third-order valence-electron chi connectivity index (χ3n) is 2.39. The van der Waals surface area contributed by atoms with Gasteiger partial charge in [0.15, 0.2) is 12.0 Å². The SMILES string of the molecule is COc1ccc(OCc2cc(C)no2)c(C=O)c1. The zero-order valence-corrected chi connectivity index (χ0v) is 10.2. The Bertz CT molecular complexity index is 548. The van der Waals surface area contributed by atoms with E-state index < -0.39 is 0 Å². The highest BCUT2D eigenvalue weighted by Gasteiger charge is 2.07. The Labute approximate surface area is 104 Å². The summed E-state index contributed by atoms with van der Waals surface area (Å²) in [6, 6.07) is 6.82. The largest absolute Gasteiger partial charge is 0.497 e. The molecule has 0 radical (unpaired) electrons. The molecule has 0 atom stereocenters. The van der Waals surface area contributed by atoms with Gasteiger partial charge in [-0.05, 0) is 25.1 Å². The first kappa shape index (κ1) is 12.2. The second-order valence-electron chi connectivity index (χ2n) is 3.74. The Morgan fingerprint density at radius 2 is 2.22 bits per heavy atom. The molecule has 0 N–H and O–H groups in total. The summed E-state index contributed by atoms with van der Waals surface area (Å²) in [6.45, 7) is 2.06. The van der Waals surface area contributed by atoms with Crippen molar-refractivity contribution in [3.8, 4) is 11.5 Å². The van der Waals surface area contributed by atoms with E-state index in [0.717, 1.165) is 12.0 Å². The monoisotopic (exact) mass is 247 g/mol. The van der Waals surface area contributed by atoms with E-state index >= 15 is 0 Å². The van der Waals surface area contributed by atoms with Gasteiger partial charge in [-0.25, -0.2) is 0 Å². The fourth-order valence-electron chi connectivity index (χ4n) is 1.51. The quantitative estimate of drug-likeness (QED) is 0.759. The van der Waals surface area contributed by atoms with Crippen LogP contribution in [0.3, 0.4) is 0 Å². The first-order valence-corrected chi connectivity index (χ1v) is 5.41. The maximum atomic E-state index is 10.9. The van der Waals surface area contributed by atoms with Crippen molar-refractivity contribution in [3.05, 3.63) is 41.3 Å². The molecule has 1 heterocycles. The van der Waals surface area contributed by atoms with E-state index in [4.69, 9.17) is 14.0 Å². The summed E-state index contributed by atoms with van der Waals surface area (Å²) >= 11 is 0. The van der Waals surface area contributed by atoms with Crippen LogP contribution in [-0.4, -0.2) is 18.6 Å². The Balaban J connectivity index is 2.11. The van der Waals surface area contributed by atoms with E-state index in [-0.39, 0.29) is 6.61 Å². The van der Waals surface area contributed by atoms with Crippen LogP contribution in [0.1, 0.15) is 21.8 Å². The standard InChI is InChI=1S/C13H13NO4/c1-9-5-12(18-14-9)8-17-13-4-3-11(16-2)6-10(13)7-15/h3-7H,8H2,1-2H3. The second-order valence-corrected chi connectivity index (χ2v) is 3.74. The Hall–Kier alpha value is -2.30. The highest BCUT2D eigenvalue weighted by atomic mass is 16.5. The van der Waals surface area contributed by atoms with E-state index in [2.05, 4.69) is 5.16 Å². The molecule has 0 bridgehead atoms. The van der Waals surface area contributed by atoms with Gasteiger partial charge in [-0.2, -0.15) is 0 Å². The van der Waals surface area contributed by atoms with Crippen LogP contribution in [0, 0.1) is 6.92 Å². The predicted molar refractivity (Wildman–Crippen MR) is 64.0 cm³/mol. The predicted octanol–water partition coefficient (Wildman–Crippen LogP) is 2.38. The first-order chi connectivity index (χ1) is 8.72. The summed E-state index contributed by atoms with van der Waals surface area (Å²) in [7, 11) is 1.54. The summed E-state index contributed by atoms with van der Waals surface area (Å²) in [4.78, 5) is 10.9. The highest BCUT2D eigenvalue weighted by Crippen LogP contribution is 2.23. The molecule has 0 fully saturated rings. The van der Waals surface area contributed by atoms with E-state index in [1.807, 2.05) is 6.92 Å². The van der Waals surface area contributed by atoms with Gasteiger partial charge in [0.25, 0.3) is 0 Å². The number of carbonyl (C=O) groups excluding carboxylic acids is 1. The van der Waals surface area contributed by atoms with Crippen molar-refractivity contribution in [1.29, 1.82) is 0 Å². The molecule has 1 aromatic heterocycles. The molecule has 0 spiro atoms. The summed E-state index contributed by atoms with van der Waals surface area (Å²) < 4.78 is 15.6. The Morgan fingerprint density at radius 1 is 1.39 bits per heavy atom. The van der Waals surface area contributed by atoms with Gasteiger partial charge in [0, 0.05) is 6.07 Å². The number of hydrogen-bond acceptors (Lipinski definition) is 5. The van der Waals surface area contributed by atoms with Crippen LogP contribution >= 0.6 is 0 Å². The van der Waals surface area contributed by atoms with Crippen LogP contribution < -0.4 is 9.47 Å². The molecule has 0 aliphatic carbocycles. The molecule has 0 unspecified atom stereocenters. The van der Waals surface area contributed by atoms with Gasteiger partial charge in [-0.1, -0.05) is 5.16 Å². The molecule has 5 nitrogen and oxygen atoms in total. The number of carbonyl (C=O) groups is 1. The van der Waals surface area contributed by atoms with Crippen LogP contribution in [0.5, 0.6) is 11.5 Å². The van der Waals surface area contributed by atoms with E-state index in [0.29, 0.717) is 22.8 Å². The molecule has 18 heavy (non-hydrogen) atoms. The number of ether oxygens (including phenoxy) is 2. The third kappa shape index (κ3) is 2.68. The van der Waals surface area contributed by atoms with Crippen LogP contribution in [0.4, 0.5) is 0 Å². The van der Waals surface area contributed by atoms with Crippen LogP contribution in [0.15, 0.2) is 28.8 Å². The van der Waals surface area contributed by atoms with Gasteiger partial charge in [0.05, 0.1) is 18.4 Å². The molecule has 1 aromatic carbocycles. The number of aromatic nitrogens is 1. The fraction of sp³-hybridized carbons (Fsp3) is 0.231. The van der Waals surface area contributed by atoms with Crippen LogP contribution in [-0.2, 0) is 6.61 Å². The maximum Gasteiger partial charge on any atom is 0.174 e. The van der Waals surface area contributed by atoms with Gasteiger partial charge >= 0.3 is 0 Å². The maximum absolute atomic E-state index is 10.9. The average molecular weight is 247 g/mol. The Kier molecular flexibility index (Phi) is 3.62. The third-order valence-corrected chi connectivity index (χ3v) is 2.39. The minimum atomic E-state index is 0.230. The minimum absolute atomic E-state index is 0.230. The summed E-state index contributed by atoms with van der Waals surface area (Å²) in [5.74, 6) is 1.71. The lowest BCUT2D eigenvalue weighted by Crippen LogP contribution is -1.97. The lowest BCUT2D eigenvalue weighted by Gasteiger charge is -2.08. The summed E-state index contributed by atoms with van der Waals surface area (Å²) in [6.07, 6.45) is 0.726. The lowest BCUT2D eigenvalue weighted by molar-refractivity contribution is 0.111. The molecule has 94 valence electrons. The second kappa shape index (κ2) is 5.35. The molecule has 0 saturated carbocycles. The molecule has 0 aliphatic heterocycles. The molecule has 0 aliphatic rings. The molecule has 5 heteroatoms. The number of methoxy groups -OCH3 is 1. The van der Waals surface area contributed by atoms with Gasteiger partial charge in [-0.3, -0.25) is 4.79 Å². The molecular weight excluding hydrogens is 234 g/mol. The number of benzene rings is 1. The minimum Gasteiger partial charge on any atom is -0.497 e. The zero-order valence-electron chi connectivity index (χ0n) is 10.2. The molecule has 0 amide bonds. The summed E-state index contributed by atoms with van der Waals surface area (Å²) in [5, 5.41) is 3.75. The average Bonchev–Trinajstić information content (AvgIpc) is 2.82. The number of rotatable bonds is 5. The van der Waals surface area contributed by atoms with Gasteiger partial charge < -0.3 is 14.0 Å². The van der Waals surface area contributed by atoms with Crippen molar-refractivity contribution < 1.29 is 18.8 Å². The molecular formula is C13H13NO4. The molecule has 2 aromatic rings. The molecule has 0 saturated heterocycles. The number of aldehydes is 1. The summed E-state index contributed by atoms with van der Waals surface area (Å²) in [5.41, 5.74) is 1.23. The topological polar surface area (TPSA) is 61.6 Å². The normalized spacial score (nSPS) is 10.1. The van der Waals surface area contributed by atoms with Crippen molar-refractivity contribution in [3.63, 3.8) is 0 Å². The van der Waals surface area contributed by atoms with Gasteiger partial charge in [-0.15, -0.1) is 0 Å². The first-order valence-electron chi connectivity index (χ1n) is 5.41. The number of hydrogen-bond donors (Lipinski definition) is 0. The number of nitrogens with zero attached hydrogens (tertiary/aromatic N) is 1. The Morgan fingerprint density at radius 3 is 2.83 bits per heavy atom. The van der Waals surface area contributed by atoms with Gasteiger partial charge in [0.2, 0.25) is 0 Å². The van der Waals surface area contributed by atoms with E-state index in [9.17, 15) is 4.79 Å². The van der Waals surface area contributed by atoms with E-state index in [1.165, 1.54) is 0 Å².